The fourth-order valence-corrected chi connectivity index (χ4v) is 3.89. The Bertz CT molecular complexity index is 1430. The number of halogens is 2. The molecule has 0 aliphatic carbocycles. The third-order valence-electron chi connectivity index (χ3n) is 5.38. The average Bonchev–Trinajstić information content (AvgIpc) is 3.01. The number of carbonyl (C=O) groups excluding carboxylic acids is 2. The van der Waals surface area contributed by atoms with E-state index in [1.165, 1.54) is 12.1 Å². The monoisotopic (exact) mass is 465 g/mol. The Labute approximate surface area is 194 Å². The number of hydrogen-bond acceptors (Lipinski definition) is 4. The van der Waals surface area contributed by atoms with E-state index in [9.17, 15) is 14.0 Å². The number of anilines is 1. The first-order chi connectivity index (χ1) is 15.6. The van der Waals surface area contributed by atoms with Gasteiger partial charge in [0.05, 0.1) is 39.7 Å². The maximum Gasteiger partial charge on any atom is 0.267 e. The first kappa shape index (κ1) is 22.4. The van der Waals surface area contributed by atoms with Gasteiger partial charge in [0.25, 0.3) is 11.8 Å². The van der Waals surface area contributed by atoms with E-state index in [4.69, 9.17) is 17.3 Å². The number of nitrogens with one attached hydrogen (secondary N) is 1. The van der Waals surface area contributed by atoms with Crippen molar-refractivity contribution in [2.24, 2.45) is 5.73 Å². The molecule has 2 heterocycles. The predicted molar refractivity (Wildman–Crippen MR) is 125 cm³/mol. The van der Waals surface area contributed by atoms with Gasteiger partial charge in [-0.2, -0.15) is 5.10 Å². The van der Waals surface area contributed by atoms with Crippen LogP contribution in [-0.2, 0) is 6.54 Å². The summed E-state index contributed by atoms with van der Waals surface area (Å²) in [5.41, 5.74) is 9.58. The van der Waals surface area contributed by atoms with Crippen molar-refractivity contribution in [3.63, 3.8) is 0 Å². The number of rotatable bonds is 5. The van der Waals surface area contributed by atoms with Gasteiger partial charge in [0.1, 0.15) is 11.5 Å². The van der Waals surface area contributed by atoms with Gasteiger partial charge in [-0.05, 0) is 38.5 Å². The lowest BCUT2D eigenvalue weighted by Crippen LogP contribution is -2.18. The van der Waals surface area contributed by atoms with Crippen LogP contribution >= 0.6 is 11.6 Å². The molecule has 9 heteroatoms. The Morgan fingerprint density at radius 1 is 1.15 bits per heavy atom. The molecule has 4 rings (SSSR count). The smallest absolute Gasteiger partial charge is 0.267 e. The van der Waals surface area contributed by atoms with Gasteiger partial charge in [-0.25, -0.2) is 9.37 Å². The highest BCUT2D eigenvalue weighted by Crippen LogP contribution is 2.27. The number of pyridine rings is 1. The third kappa shape index (κ3) is 4.42. The van der Waals surface area contributed by atoms with Gasteiger partial charge in [-0.1, -0.05) is 41.4 Å². The van der Waals surface area contributed by atoms with Crippen LogP contribution in [0.15, 0.2) is 42.5 Å². The molecule has 0 saturated carbocycles. The van der Waals surface area contributed by atoms with E-state index in [2.05, 4.69) is 21.5 Å². The second-order valence-corrected chi connectivity index (χ2v) is 8.26. The molecule has 2 aromatic carbocycles. The van der Waals surface area contributed by atoms with Gasteiger partial charge in [0.2, 0.25) is 0 Å². The van der Waals surface area contributed by atoms with Gasteiger partial charge in [0.15, 0.2) is 0 Å². The maximum atomic E-state index is 14.0. The summed E-state index contributed by atoms with van der Waals surface area (Å²) in [6, 6.07) is 11.7. The van der Waals surface area contributed by atoms with E-state index >= 15 is 0 Å². The zero-order valence-corrected chi connectivity index (χ0v) is 19.0. The molecule has 168 valence electrons. The number of amides is 2. The third-order valence-corrected chi connectivity index (χ3v) is 5.67. The highest BCUT2D eigenvalue weighted by molar-refractivity contribution is 6.31. The van der Waals surface area contributed by atoms with Crippen molar-refractivity contribution in [2.45, 2.75) is 27.3 Å². The molecule has 0 spiro atoms. The standard InChI is InChI=1S/C24H21ClFN5O2/c1-12-5-4-6-15(7-12)11-31-14(3)22(13(2)30-31)29-24(33)17-9-21(23(27)32)28-20-10-19(26)18(25)8-16(17)20/h4-10H,11H2,1-3H3,(H2,27,32)(H,29,33). The van der Waals surface area contributed by atoms with Crippen molar-refractivity contribution < 1.29 is 14.0 Å². The van der Waals surface area contributed by atoms with Crippen LogP contribution in [0.5, 0.6) is 0 Å². The van der Waals surface area contributed by atoms with Gasteiger partial charge in [-0.3, -0.25) is 14.3 Å². The molecular weight excluding hydrogens is 445 g/mol. The highest BCUT2D eigenvalue weighted by Gasteiger charge is 2.20. The number of nitrogens with two attached hydrogens (primary N) is 1. The lowest BCUT2D eigenvalue weighted by Gasteiger charge is -2.11. The number of fused-ring (bicyclic) bond motifs is 1. The molecule has 0 radical (unpaired) electrons. The number of benzene rings is 2. The summed E-state index contributed by atoms with van der Waals surface area (Å²) in [4.78, 5) is 29.0. The van der Waals surface area contributed by atoms with Crippen LogP contribution in [0.2, 0.25) is 5.02 Å². The summed E-state index contributed by atoms with van der Waals surface area (Å²) in [6.45, 7) is 6.22. The quantitative estimate of drug-likeness (QED) is 0.451. The van der Waals surface area contributed by atoms with E-state index in [-0.39, 0.29) is 21.8 Å². The first-order valence-corrected chi connectivity index (χ1v) is 10.5. The van der Waals surface area contributed by atoms with E-state index in [1.807, 2.05) is 36.7 Å². The molecule has 2 aromatic heterocycles. The van der Waals surface area contributed by atoms with Gasteiger partial charge >= 0.3 is 0 Å². The summed E-state index contributed by atoms with van der Waals surface area (Å²) >= 11 is 5.93. The number of aryl methyl sites for hydroxylation is 2. The Balaban J connectivity index is 1.72. The minimum absolute atomic E-state index is 0.0981. The second kappa shape index (κ2) is 8.63. The van der Waals surface area contributed by atoms with Crippen molar-refractivity contribution in [3.8, 4) is 0 Å². The molecule has 0 aliphatic heterocycles. The molecule has 0 aliphatic rings. The summed E-state index contributed by atoms with van der Waals surface area (Å²) < 4.78 is 15.8. The van der Waals surface area contributed by atoms with E-state index in [0.717, 1.165) is 22.9 Å². The zero-order valence-electron chi connectivity index (χ0n) is 18.2. The van der Waals surface area contributed by atoms with Gasteiger partial charge in [-0.15, -0.1) is 0 Å². The topological polar surface area (TPSA) is 103 Å². The molecule has 0 fully saturated rings. The van der Waals surface area contributed by atoms with Crippen molar-refractivity contribution in [3.05, 3.63) is 87.1 Å². The van der Waals surface area contributed by atoms with Crippen LogP contribution in [0.3, 0.4) is 0 Å². The van der Waals surface area contributed by atoms with E-state index < -0.39 is 17.6 Å². The number of carbonyl (C=O) groups is 2. The first-order valence-electron chi connectivity index (χ1n) is 10.1. The summed E-state index contributed by atoms with van der Waals surface area (Å²) in [7, 11) is 0. The number of nitrogens with zero attached hydrogens (tertiary/aromatic N) is 3. The molecule has 3 N–H and O–H groups in total. The minimum Gasteiger partial charge on any atom is -0.364 e. The SMILES string of the molecule is Cc1cccc(Cn2nc(C)c(NC(=O)c3cc(C(N)=O)nc4cc(F)c(Cl)cc34)c2C)c1. The second-order valence-electron chi connectivity index (χ2n) is 7.85. The molecule has 33 heavy (non-hydrogen) atoms. The fraction of sp³-hybridized carbons (Fsp3) is 0.167. The minimum atomic E-state index is -0.834. The lowest BCUT2D eigenvalue weighted by molar-refractivity contribution is 0.0996. The molecule has 0 atom stereocenters. The normalized spacial score (nSPS) is 11.1. The van der Waals surface area contributed by atoms with Crippen LogP contribution in [0.25, 0.3) is 10.9 Å². The Hall–Kier alpha value is -3.78. The Kier molecular flexibility index (Phi) is 5.86. The predicted octanol–water partition coefficient (Wildman–Crippen LogP) is 4.55. The van der Waals surface area contributed by atoms with Gasteiger partial charge in [0, 0.05) is 11.5 Å². The van der Waals surface area contributed by atoms with Crippen molar-refractivity contribution in [2.75, 3.05) is 5.32 Å². The van der Waals surface area contributed by atoms with Gasteiger partial charge < -0.3 is 11.1 Å². The average molecular weight is 466 g/mol. The summed E-state index contributed by atoms with van der Waals surface area (Å²) in [5, 5.41) is 7.56. The zero-order chi connectivity index (χ0) is 23.9. The number of aromatic nitrogens is 3. The summed E-state index contributed by atoms with van der Waals surface area (Å²) in [5.74, 6) is -2.07. The van der Waals surface area contributed by atoms with E-state index in [1.54, 1.807) is 6.92 Å². The Morgan fingerprint density at radius 3 is 2.61 bits per heavy atom. The summed E-state index contributed by atoms with van der Waals surface area (Å²) in [6.07, 6.45) is 0. The van der Waals surface area contributed by atoms with Crippen LogP contribution < -0.4 is 11.1 Å². The van der Waals surface area contributed by atoms with Crippen molar-refractivity contribution in [1.82, 2.24) is 14.8 Å². The lowest BCUT2D eigenvalue weighted by atomic mass is 10.1. The van der Waals surface area contributed by atoms with Crippen molar-refractivity contribution >= 4 is 40.0 Å². The number of primary amides is 1. The van der Waals surface area contributed by atoms with Crippen LogP contribution in [-0.4, -0.2) is 26.6 Å². The van der Waals surface area contributed by atoms with Crippen LogP contribution in [0, 0.1) is 26.6 Å². The van der Waals surface area contributed by atoms with Crippen LogP contribution in [0.1, 0.15) is 43.4 Å². The fourth-order valence-electron chi connectivity index (χ4n) is 3.73. The number of hydrogen-bond donors (Lipinski definition) is 2. The molecular formula is C24H21ClFN5O2. The Morgan fingerprint density at radius 2 is 1.91 bits per heavy atom. The molecule has 0 saturated heterocycles. The van der Waals surface area contributed by atoms with Crippen molar-refractivity contribution in [1.29, 1.82) is 0 Å². The largest absolute Gasteiger partial charge is 0.364 e. The molecule has 0 unspecified atom stereocenters. The van der Waals surface area contributed by atoms with E-state index in [0.29, 0.717) is 23.3 Å². The molecule has 4 aromatic rings. The maximum absolute atomic E-state index is 14.0. The molecule has 2 amide bonds. The molecule has 7 nitrogen and oxygen atoms in total. The molecule has 0 bridgehead atoms. The highest BCUT2D eigenvalue weighted by atomic mass is 35.5. The van der Waals surface area contributed by atoms with Crippen LogP contribution in [0.4, 0.5) is 10.1 Å².